The van der Waals surface area contributed by atoms with Gasteiger partial charge in [-0.15, -0.1) is 0 Å². The molecule has 4 heteroatoms. The van der Waals surface area contributed by atoms with Crippen LogP contribution >= 0.6 is 0 Å². The third-order valence-electron chi connectivity index (χ3n) is 2.01. The van der Waals surface area contributed by atoms with Crippen molar-refractivity contribution in [3.63, 3.8) is 0 Å². The first-order chi connectivity index (χ1) is 6.63. The summed E-state index contributed by atoms with van der Waals surface area (Å²) in [5.74, 6) is -1.15. The first-order valence-electron chi connectivity index (χ1n) is 5.04. The number of hydrogen-bond acceptors (Lipinski definition) is 4. The highest BCUT2D eigenvalue weighted by Crippen LogP contribution is 2.13. The fraction of sp³-hybridized carbons (Fsp3) is 0.818. The first-order valence-corrected chi connectivity index (χ1v) is 5.04. The van der Waals surface area contributed by atoms with Gasteiger partial charge in [-0.25, -0.2) is 0 Å². The second-order valence-corrected chi connectivity index (χ2v) is 4.76. The molecule has 0 amide bonds. The van der Waals surface area contributed by atoms with Crippen molar-refractivity contribution in [2.75, 3.05) is 0 Å². The molecule has 0 fully saturated rings. The normalized spacial score (nSPS) is 15.6. The lowest BCUT2D eigenvalue weighted by molar-refractivity contribution is -0.157. The van der Waals surface area contributed by atoms with Crippen LogP contribution in [0.5, 0.6) is 0 Å². The summed E-state index contributed by atoms with van der Waals surface area (Å²) in [4.78, 5) is 22.2. The lowest BCUT2D eigenvalue weighted by atomic mass is 9.98. The number of rotatable bonds is 4. The summed E-state index contributed by atoms with van der Waals surface area (Å²) in [5, 5.41) is 9.53. The van der Waals surface area contributed by atoms with Crippen molar-refractivity contribution in [1.82, 2.24) is 0 Å². The van der Waals surface area contributed by atoms with Gasteiger partial charge >= 0.3 is 5.97 Å². The topological polar surface area (TPSA) is 63.6 Å². The number of carbonyl (C=O) groups is 2. The van der Waals surface area contributed by atoms with Crippen LogP contribution in [0.15, 0.2) is 0 Å². The minimum Gasteiger partial charge on any atom is -0.460 e. The molecule has 0 aliphatic carbocycles. The Morgan fingerprint density at radius 3 is 2.13 bits per heavy atom. The molecule has 0 rings (SSSR count). The van der Waals surface area contributed by atoms with Crippen LogP contribution in [0.4, 0.5) is 0 Å². The molecule has 0 radical (unpaired) electrons. The molecule has 1 N–H and O–H groups in total. The molecule has 0 aromatic rings. The predicted octanol–water partition coefficient (Wildman–Crippen LogP) is 1.30. The minimum absolute atomic E-state index is 0.133. The second-order valence-electron chi connectivity index (χ2n) is 4.76. The number of Topliss-reactive ketones (excluding diaryl/α,β-unsaturated/α-hetero) is 1. The number of aliphatic hydroxyl groups excluding tert-OH is 1. The van der Waals surface area contributed by atoms with Crippen LogP contribution in [0.2, 0.25) is 0 Å². The van der Waals surface area contributed by atoms with E-state index in [1.807, 2.05) is 0 Å². The van der Waals surface area contributed by atoms with Crippen LogP contribution in [-0.2, 0) is 14.3 Å². The molecule has 0 heterocycles. The standard InChI is InChI=1S/C11H20O4/c1-7(8(2)12)9(13)6-10(14)15-11(3,4)5/h7,9,13H,6H2,1-5H3. The number of carbonyl (C=O) groups excluding carboxylic acids is 2. The van der Waals surface area contributed by atoms with E-state index in [1.165, 1.54) is 6.92 Å². The average molecular weight is 216 g/mol. The van der Waals surface area contributed by atoms with E-state index in [2.05, 4.69) is 0 Å². The van der Waals surface area contributed by atoms with E-state index in [4.69, 9.17) is 4.74 Å². The third kappa shape index (κ3) is 6.23. The molecule has 4 nitrogen and oxygen atoms in total. The number of esters is 1. The maximum Gasteiger partial charge on any atom is 0.308 e. The molecule has 2 atom stereocenters. The van der Waals surface area contributed by atoms with E-state index in [0.29, 0.717) is 0 Å². The van der Waals surface area contributed by atoms with E-state index in [-0.39, 0.29) is 12.2 Å². The Balaban J connectivity index is 4.13. The molecule has 2 unspecified atom stereocenters. The van der Waals surface area contributed by atoms with Gasteiger partial charge in [0.05, 0.1) is 12.5 Å². The average Bonchev–Trinajstić information content (AvgIpc) is 1.98. The lowest BCUT2D eigenvalue weighted by Crippen LogP contribution is -2.31. The van der Waals surface area contributed by atoms with Gasteiger partial charge in [-0.05, 0) is 27.7 Å². The Bertz CT molecular complexity index is 239. The molecular formula is C11H20O4. The molecule has 15 heavy (non-hydrogen) atoms. The summed E-state index contributed by atoms with van der Waals surface area (Å²) in [6, 6.07) is 0. The zero-order chi connectivity index (χ0) is 12.2. The largest absolute Gasteiger partial charge is 0.460 e. The Hall–Kier alpha value is -0.900. The monoisotopic (exact) mass is 216 g/mol. The van der Waals surface area contributed by atoms with E-state index >= 15 is 0 Å². The van der Waals surface area contributed by atoms with E-state index < -0.39 is 23.6 Å². The van der Waals surface area contributed by atoms with Crippen LogP contribution in [0.25, 0.3) is 0 Å². The molecule has 0 spiro atoms. The van der Waals surface area contributed by atoms with Gasteiger partial charge < -0.3 is 9.84 Å². The van der Waals surface area contributed by atoms with Crippen molar-refractivity contribution < 1.29 is 19.4 Å². The number of aliphatic hydroxyl groups is 1. The summed E-state index contributed by atoms with van der Waals surface area (Å²) < 4.78 is 5.03. The number of ether oxygens (including phenoxy) is 1. The highest BCUT2D eigenvalue weighted by molar-refractivity contribution is 5.79. The maximum atomic E-state index is 11.3. The quantitative estimate of drug-likeness (QED) is 0.719. The molecule has 0 saturated carbocycles. The summed E-state index contributed by atoms with van der Waals surface area (Å²) >= 11 is 0. The van der Waals surface area contributed by atoms with Crippen molar-refractivity contribution in [2.24, 2.45) is 5.92 Å². The second kappa shape index (κ2) is 5.26. The molecule has 0 saturated heterocycles. The van der Waals surface area contributed by atoms with Crippen molar-refractivity contribution in [1.29, 1.82) is 0 Å². The lowest BCUT2D eigenvalue weighted by Gasteiger charge is -2.21. The van der Waals surface area contributed by atoms with Crippen LogP contribution in [0.3, 0.4) is 0 Å². The van der Waals surface area contributed by atoms with Crippen molar-refractivity contribution in [3.8, 4) is 0 Å². The van der Waals surface area contributed by atoms with Gasteiger partial charge in [0, 0.05) is 5.92 Å². The zero-order valence-electron chi connectivity index (χ0n) is 10.0. The maximum absolute atomic E-state index is 11.3. The molecule has 0 aromatic heterocycles. The van der Waals surface area contributed by atoms with Crippen LogP contribution in [0, 0.1) is 5.92 Å². The van der Waals surface area contributed by atoms with E-state index in [9.17, 15) is 14.7 Å². The Kier molecular flexibility index (Phi) is 4.94. The zero-order valence-corrected chi connectivity index (χ0v) is 10.0. The van der Waals surface area contributed by atoms with Gasteiger partial charge in [0.25, 0.3) is 0 Å². The first kappa shape index (κ1) is 14.1. The van der Waals surface area contributed by atoms with Gasteiger partial charge in [-0.3, -0.25) is 9.59 Å². The van der Waals surface area contributed by atoms with Crippen LogP contribution in [0.1, 0.15) is 41.0 Å². The summed E-state index contributed by atoms with van der Waals surface area (Å²) in [5.41, 5.74) is -0.559. The van der Waals surface area contributed by atoms with Gasteiger partial charge in [0.2, 0.25) is 0 Å². The minimum atomic E-state index is -0.961. The van der Waals surface area contributed by atoms with Crippen molar-refractivity contribution >= 4 is 11.8 Å². The molecule has 0 aromatic carbocycles. The third-order valence-corrected chi connectivity index (χ3v) is 2.01. The highest BCUT2D eigenvalue weighted by Gasteiger charge is 2.24. The Labute approximate surface area is 90.6 Å². The van der Waals surface area contributed by atoms with Gasteiger partial charge in [-0.1, -0.05) is 6.92 Å². The van der Waals surface area contributed by atoms with E-state index in [0.717, 1.165) is 0 Å². The van der Waals surface area contributed by atoms with Crippen molar-refractivity contribution in [3.05, 3.63) is 0 Å². The summed E-state index contributed by atoms with van der Waals surface area (Å²) in [7, 11) is 0. The van der Waals surface area contributed by atoms with Crippen LogP contribution < -0.4 is 0 Å². The predicted molar refractivity (Wildman–Crippen MR) is 56.3 cm³/mol. The van der Waals surface area contributed by atoms with Gasteiger partial charge in [0.15, 0.2) is 0 Å². The van der Waals surface area contributed by atoms with E-state index in [1.54, 1.807) is 27.7 Å². The Morgan fingerprint density at radius 2 is 1.80 bits per heavy atom. The number of hydrogen-bond donors (Lipinski definition) is 1. The van der Waals surface area contributed by atoms with Crippen LogP contribution in [-0.4, -0.2) is 28.6 Å². The fourth-order valence-corrected chi connectivity index (χ4v) is 1.00. The number of ketones is 1. The SMILES string of the molecule is CC(=O)C(C)C(O)CC(=O)OC(C)(C)C. The summed E-state index contributed by atoms with van der Waals surface area (Å²) in [6.45, 7) is 8.25. The molecule has 88 valence electrons. The van der Waals surface area contributed by atoms with Gasteiger partial charge in [0.1, 0.15) is 11.4 Å². The molecule has 0 aliphatic heterocycles. The molecule has 0 bridgehead atoms. The highest BCUT2D eigenvalue weighted by atomic mass is 16.6. The summed E-state index contributed by atoms with van der Waals surface area (Å²) in [6.07, 6.45) is -1.10. The van der Waals surface area contributed by atoms with Gasteiger partial charge in [-0.2, -0.15) is 0 Å². The smallest absolute Gasteiger partial charge is 0.308 e. The molecule has 0 aliphatic rings. The van der Waals surface area contributed by atoms with Crippen molar-refractivity contribution in [2.45, 2.75) is 52.7 Å². The fourth-order valence-electron chi connectivity index (χ4n) is 1.00. The Morgan fingerprint density at radius 1 is 1.33 bits per heavy atom. The molecular weight excluding hydrogens is 196 g/mol.